The van der Waals surface area contributed by atoms with E-state index in [2.05, 4.69) is 0 Å². The number of hydrogen-bond acceptors (Lipinski definition) is 5. The molecule has 1 amide bonds. The molecule has 1 atom stereocenters. The molecule has 1 fully saturated rings. The van der Waals surface area contributed by atoms with Crippen molar-refractivity contribution in [3.8, 4) is 6.07 Å². The van der Waals surface area contributed by atoms with Gasteiger partial charge in [-0.25, -0.2) is 0 Å². The third kappa shape index (κ3) is 2.34. The van der Waals surface area contributed by atoms with Gasteiger partial charge >= 0.3 is 5.97 Å². The summed E-state index contributed by atoms with van der Waals surface area (Å²) in [6.07, 6.45) is 0.582. The molecule has 0 aromatic carbocycles. The van der Waals surface area contributed by atoms with E-state index in [9.17, 15) is 9.59 Å². The second-order valence-corrected chi connectivity index (χ2v) is 5.72. The molecule has 1 aromatic heterocycles. The number of carbonyl (C=O) groups is 2. The van der Waals surface area contributed by atoms with Crippen molar-refractivity contribution in [1.82, 2.24) is 4.90 Å². The molecule has 0 radical (unpaired) electrons. The first-order chi connectivity index (χ1) is 9.01. The Morgan fingerprint density at radius 3 is 2.95 bits per heavy atom. The zero-order chi connectivity index (χ0) is 14.0. The third-order valence-electron chi connectivity index (χ3n) is 3.42. The van der Waals surface area contributed by atoms with Gasteiger partial charge in [0.2, 0.25) is 0 Å². The summed E-state index contributed by atoms with van der Waals surface area (Å²) in [7, 11) is 1.35. The number of esters is 1. The van der Waals surface area contributed by atoms with E-state index in [0.29, 0.717) is 30.0 Å². The maximum Gasteiger partial charge on any atom is 0.313 e. The van der Waals surface area contributed by atoms with E-state index in [-0.39, 0.29) is 11.9 Å². The van der Waals surface area contributed by atoms with Gasteiger partial charge in [-0.1, -0.05) is 0 Å². The molecule has 6 heteroatoms. The minimum atomic E-state index is -0.644. The largest absolute Gasteiger partial charge is 0.469 e. The number of hydrogen-bond donors (Lipinski definition) is 0. The summed E-state index contributed by atoms with van der Waals surface area (Å²) in [5.41, 5.74) is -0.254. The standard InChI is InChI=1S/C13H14N2O3S/c1-13(12(17)18-2)4-5-15(8-13)11(16)10-9(7-14)3-6-19-10/h3,6H,4-5,8H2,1-2H3/t13-/m1/s1. The number of nitriles is 1. The van der Waals surface area contributed by atoms with Gasteiger partial charge in [0, 0.05) is 13.1 Å². The van der Waals surface area contributed by atoms with Crippen LogP contribution in [0.1, 0.15) is 28.6 Å². The molecule has 1 aromatic rings. The van der Waals surface area contributed by atoms with Gasteiger partial charge in [-0.15, -0.1) is 11.3 Å². The average Bonchev–Trinajstić information content (AvgIpc) is 3.04. The van der Waals surface area contributed by atoms with E-state index < -0.39 is 5.41 Å². The van der Waals surface area contributed by atoms with Crippen LogP contribution in [0.25, 0.3) is 0 Å². The highest BCUT2D eigenvalue weighted by Gasteiger charge is 2.43. The van der Waals surface area contributed by atoms with E-state index in [1.54, 1.807) is 23.3 Å². The molecule has 0 unspecified atom stereocenters. The number of methoxy groups -OCH3 is 1. The molecule has 0 bridgehead atoms. The van der Waals surface area contributed by atoms with Gasteiger partial charge in [0.15, 0.2) is 0 Å². The lowest BCUT2D eigenvalue weighted by Gasteiger charge is -2.21. The Bertz CT molecular complexity index is 560. The Morgan fingerprint density at radius 1 is 1.58 bits per heavy atom. The minimum Gasteiger partial charge on any atom is -0.469 e. The quantitative estimate of drug-likeness (QED) is 0.771. The smallest absolute Gasteiger partial charge is 0.313 e. The first kappa shape index (κ1) is 13.6. The summed E-state index contributed by atoms with van der Waals surface area (Å²) < 4.78 is 4.77. The summed E-state index contributed by atoms with van der Waals surface area (Å²) in [4.78, 5) is 26.1. The molecule has 5 nitrogen and oxygen atoms in total. The summed E-state index contributed by atoms with van der Waals surface area (Å²) in [5.74, 6) is -0.478. The number of carbonyl (C=O) groups excluding carboxylic acids is 2. The molecule has 1 saturated heterocycles. The maximum atomic E-state index is 12.3. The summed E-state index contributed by atoms with van der Waals surface area (Å²) in [6.45, 7) is 2.64. The van der Waals surface area contributed by atoms with E-state index in [1.165, 1.54) is 18.4 Å². The first-order valence-electron chi connectivity index (χ1n) is 5.87. The molecule has 19 heavy (non-hydrogen) atoms. The Hall–Kier alpha value is -1.87. The van der Waals surface area contributed by atoms with Gasteiger partial charge in [-0.2, -0.15) is 5.26 Å². The molecule has 1 aliphatic heterocycles. The number of thiophene rings is 1. The Morgan fingerprint density at radius 2 is 2.32 bits per heavy atom. The van der Waals surface area contributed by atoms with Crippen LogP contribution in [-0.2, 0) is 9.53 Å². The van der Waals surface area contributed by atoms with Gasteiger partial charge in [-0.05, 0) is 24.8 Å². The van der Waals surface area contributed by atoms with Crippen molar-refractivity contribution in [3.05, 3.63) is 21.9 Å². The van der Waals surface area contributed by atoms with E-state index in [4.69, 9.17) is 10.00 Å². The van der Waals surface area contributed by atoms with Gasteiger partial charge in [0.05, 0.1) is 18.1 Å². The molecule has 1 aliphatic rings. The third-order valence-corrected chi connectivity index (χ3v) is 4.32. The highest BCUT2D eigenvalue weighted by Crippen LogP contribution is 2.33. The first-order valence-corrected chi connectivity index (χ1v) is 6.75. The Kier molecular flexibility index (Phi) is 3.58. The van der Waals surface area contributed by atoms with Crippen LogP contribution in [0.15, 0.2) is 11.4 Å². The number of amides is 1. The van der Waals surface area contributed by atoms with Crippen LogP contribution >= 0.6 is 11.3 Å². The normalized spacial score (nSPS) is 22.1. The van der Waals surface area contributed by atoms with Crippen LogP contribution in [0.5, 0.6) is 0 Å². The van der Waals surface area contributed by atoms with Crippen molar-refractivity contribution >= 4 is 23.2 Å². The van der Waals surface area contributed by atoms with E-state index in [1.807, 2.05) is 6.07 Å². The second kappa shape index (κ2) is 5.02. The van der Waals surface area contributed by atoms with Crippen LogP contribution in [0.4, 0.5) is 0 Å². The monoisotopic (exact) mass is 278 g/mol. The average molecular weight is 278 g/mol. The SMILES string of the molecule is COC(=O)[C@]1(C)CCN(C(=O)c2sccc2C#N)C1. The number of rotatable bonds is 2. The number of ether oxygens (including phenoxy) is 1. The predicted molar refractivity (Wildman–Crippen MR) is 69.7 cm³/mol. The summed E-state index contributed by atoms with van der Waals surface area (Å²) in [5, 5.41) is 10.7. The van der Waals surface area contributed by atoms with Crippen LogP contribution in [0.3, 0.4) is 0 Å². The van der Waals surface area contributed by atoms with Gasteiger partial charge in [0.25, 0.3) is 5.91 Å². The maximum absolute atomic E-state index is 12.3. The summed E-state index contributed by atoms with van der Waals surface area (Å²) >= 11 is 1.25. The molecular formula is C13H14N2O3S. The van der Waals surface area contributed by atoms with Gasteiger partial charge in [-0.3, -0.25) is 9.59 Å². The van der Waals surface area contributed by atoms with Crippen molar-refractivity contribution in [3.63, 3.8) is 0 Å². The van der Waals surface area contributed by atoms with Crippen molar-refractivity contribution in [2.45, 2.75) is 13.3 Å². The van der Waals surface area contributed by atoms with Gasteiger partial charge < -0.3 is 9.64 Å². The van der Waals surface area contributed by atoms with Crippen LogP contribution < -0.4 is 0 Å². The summed E-state index contributed by atoms with van der Waals surface area (Å²) in [6, 6.07) is 3.64. The Balaban J connectivity index is 2.16. The zero-order valence-corrected chi connectivity index (χ0v) is 11.6. The Labute approximate surface area is 115 Å². The number of nitrogens with zero attached hydrogens (tertiary/aromatic N) is 2. The number of likely N-dealkylation sites (tertiary alicyclic amines) is 1. The predicted octanol–water partition coefficient (Wildman–Crippen LogP) is 1.64. The lowest BCUT2D eigenvalue weighted by molar-refractivity contribution is -0.150. The molecule has 0 N–H and O–H groups in total. The fourth-order valence-corrected chi connectivity index (χ4v) is 3.06. The molecule has 2 heterocycles. The van der Waals surface area contributed by atoms with E-state index in [0.717, 1.165) is 0 Å². The fraction of sp³-hybridized carbons (Fsp3) is 0.462. The molecule has 0 aliphatic carbocycles. The van der Waals surface area contributed by atoms with Crippen LogP contribution in [0, 0.1) is 16.7 Å². The van der Waals surface area contributed by atoms with Gasteiger partial charge in [0.1, 0.15) is 10.9 Å². The topological polar surface area (TPSA) is 70.4 Å². The van der Waals surface area contributed by atoms with Crippen molar-refractivity contribution in [1.29, 1.82) is 5.26 Å². The molecule has 0 spiro atoms. The van der Waals surface area contributed by atoms with Crippen molar-refractivity contribution < 1.29 is 14.3 Å². The van der Waals surface area contributed by atoms with Crippen molar-refractivity contribution in [2.24, 2.45) is 5.41 Å². The molecule has 100 valence electrons. The lowest BCUT2D eigenvalue weighted by Crippen LogP contribution is -2.35. The van der Waals surface area contributed by atoms with Crippen LogP contribution in [0.2, 0.25) is 0 Å². The van der Waals surface area contributed by atoms with Crippen LogP contribution in [-0.4, -0.2) is 37.0 Å². The highest BCUT2D eigenvalue weighted by molar-refractivity contribution is 7.12. The second-order valence-electron chi connectivity index (χ2n) is 4.80. The highest BCUT2D eigenvalue weighted by atomic mass is 32.1. The fourth-order valence-electron chi connectivity index (χ4n) is 2.25. The molecule has 0 saturated carbocycles. The minimum absolute atomic E-state index is 0.181. The van der Waals surface area contributed by atoms with E-state index >= 15 is 0 Å². The van der Waals surface area contributed by atoms with Crippen molar-refractivity contribution in [2.75, 3.05) is 20.2 Å². The zero-order valence-electron chi connectivity index (χ0n) is 10.8. The lowest BCUT2D eigenvalue weighted by atomic mass is 9.90. The molecule has 2 rings (SSSR count). The molecular weight excluding hydrogens is 264 g/mol.